The van der Waals surface area contributed by atoms with Gasteiger partial charge in [-0.3, -0.25) is 9.69 Å². The molecule has 0 radical (unpaired) electrons. The molecule has 2 aliphatic rings. The van der Waals surface area contributed by atoms with Gasteiger partial charge in [-0.05, 0) is 66.0 Å². The molecule has 0 amide bonds. The van der Waals surface area contributed by atoms with Gasteiger partial charge < -0.3 is 9.84 Å². The number of piperidine rings is 1. The van der Waals surface area contributed by atoms with Gasteiger partial charge in [0.2, 0.25) is 0 Å². The van der Waals surface area contributed by atoms with Gasteiger partial charge in [-0.25, -0.2) is 0 Å². The van der Waals surface area contributed by atoms with E-state index in [1.165, 1.54) is 16.2 Å². The van der Waals surface area contributed by atoms with Crippen molar-refractivity contribution in [2.45, 2.75) is 43.7 Å². The van der Waals surface area contributed by atoms with E-state index in [0.29, 0.717) is 6.04 Å². The van der Waals surface area contributed by atoms with Crippen molar-refractivity contribution in [2.75, 3.05) is 20.3 Å². The summed E-state index contributed by atoms with van der Waals surface area (Å²) in [5.41, 5.74) is 1.25. The normalized spacial score (nSPS) is 30.4. The van der Waals surface area contributed by atoms with Crippen molar-refractivity contribution in [1.82, 2.24) is 4.90 Å². The fourth-order valence-electron chi connectivity index (χ4n) is 4.43. The van der Waals surface area contributed by atoms with Crippen LogP contribution in [0, 0.1) is 9.49 Å². The Morgan fingerprint density at radius 1 is 1.35 bits per heavy atom. The van der Waals surface area contributed by atoms with Gasteiger partial charge in [0.25, 0.3) is 0 Å². The summed E-state index contributed by atoms with van der Waals surface area (Å²) in [6, 6.07) is 9.32. The largest absolute Gasteiger partial charge is 0.469 e. The first kappa shape index (κ1) is 17.2. The summed E-state index contributed by atoms with van der Waals surface area (Å²) in [5, 5.41) is 9.15. The van der Waals surface area contributed by atoms with Gasteiger partial charge >= 0.3 is 5.97 Å². The molecule has 23 heavy (non-hydrogen) atoms. The van der Waals surface area contributed by atoms with E-state index in [2.05, 4.69) is 51.8 Å². The van der Waals surface area contributed by atoms with E-state index >= 15 is 0 Å². The van der Waals surface area contributed by atoms with Crippen LogP contribution in [0.4, 0.5) is 0 Å². The van der Waals surface area contributed by atoms with E-state index in [0.717, 1.165) is 32.2 Å². The Balaban J connectivity index is 1.88. The second kappa shape index (κ2) is 7.49. The van der Waals surface area contributed by atoms with Gasteiger partial charge in [-0.1, -0.05) is 12.1 Å². The van der Waals surface area contributed by atoms with Gasteiger partial charge in [0.05, 0.1) is 13.0 Å². The number of aliphatic hydroxyl groups is 1. The van der Waals surface area contributed by atoms with Crippen molar-refractivity contribution in [1.29, 1.82) is 0 Å². The number of hydrogen-bond donors (Lipinski definition) is 1. The highest BCUT2D eigenvalue weighted by Crippen LogP contribution is 2.47. The molecule has 126 valence electrons. The molecule has 5 heteroatoms. The zero-order chi connectivity index (χ0) is 16.4. The molecular weight excluding hydrogens is 405 g/mol. The molecule has 2 saturated heterocycles. The van der Waals surface area contributed by atoms with Crippen LogP contribution in [0.15, 0.2) is 24.3 Å². The summed E-state index contributed by atoms with van der Waals surface area (Å²) in [5.74, 6) is 0.0488. The highest BCUT2D eigenvalue weighted by molar-refractivity contribution is 14.1. The molecule has 0 saturated carbocycles. The number of nitrogens with zero attached hydrogens (tertiary/aromatic N) is 1. The third-order valence-electron chi connectivity index (χ3n) is 5.41. The van der Waals surface area contributed by atoms with E-state index < -0.39 is 0 Å². The van der Waals surface area contributed by atoms with Gasteiger partial charge in [-0.2, -0.15) is 0 Å². The molecule has 3 unspecified atom stereocenters. The summed E-state index contributed by atoms with van der Waals surface area (Å²) < 4.78 is 6.36. The highest BCUT2D eigenvalue weighted by atomic mass is 127. The average Bonchev–Trinajstić information content (AvgIpc) is 2.84. The predicted molar refractivity (Wildman–Crippen MR) is 97.2 cm³/mol. The van der Waals surface area contributed by atoms with E-state index in [1.807, 2.05) is 0 Å². The first-order valence-electron chi connectivity index (χ1n) is 8.35. The molecular formula is C18H24INO3. The van der Waals surface area contributed by atoms with Crippen LogP contribution in [-0.2, 0) is 9.53 Å². The first-order chi connectivity index (χ1) is 11.2. The minimum atomic E-state index is -0.0995. The molecule has 4 nitrogen and oxygen atoms in total. The van der Waals surface area contributed by atoms with Crippen LogP contribution in [0.3, 0.4) is 0 Å². The lowest BCUT2D eigenvalue weighted by Gasteiger charge is -2.43. The average molecular weight is 429 g/mol. The maximum atomic E-state index is 12.5. The Hall–Kier alpha value is -0.660. The van der Waals surface area contributed by atoms with Crippen LogP contribution in [0.5, 0.6) is 0 Å². The quantitative estimate of drug-likeness (QED) is 0.578. The number of benzene rings is 1. The highest BCUT2D eigenvalue weighted by Gasteiger charge is 2.50. The number of fused-ring (bicyclic) bond motifs is 2. The van der Waals surface area contributed by atoms with Gasteiger partial charge in [-0.15, -0.1) is 0 Å². The molecule has 2 fully saturated rings. The maximum absolute atomic E-state index is 12.5. The van der Waals surface area contributed by atoms with Crippen LogP contribution in [0.2, 0.25) is 0 Å². The lowest BCUT2D eigenvalue weighted by Crippen LogP contribution is -2.51. The minimum absolute atomic E-state index is 0.0899. The zero-order valence-electron chi connectivity index (χ0n) is 13.5. The molecule has 1 N–H and O–H groups in total. The standard InChI is InChI=1S/C18H24INO3/c1-23-18(22)17-15(12-3-5-13(19)6-4-12)11-14-7-8-16(17)20(14)9-2-10-21/h3-6,14-17,21H,2,7-11H2,1H3/t14?,15?,16?,17-/m0/s1. The number of rotatable bonds is 5. The number of esters is 1. The molecule has 4 atom stereocenters. The Morgan fingerprint density at radius 2 is 2.09 bits per heavy atom. The second-order valence-electron chi connectivity index (χ2n) is 6.56. The lowest BCUT2D eigenvalue weighted by atomic mass is 9.76. The lowest BCUT2D eigenvalue weighted by molar-refractivity contribution is -0.150. The fraction of sp³-hybridized carbons (Fsp3) is 0.611. The Morgan fingerprint density at radius 3 is 2.74 bits per heavy atom. The van der Waals surface area contributed by atoms with Gasteiger partial charge in [0.1, 0.15) is 0 Å². The van der Waals surface area contributed by atoms with E-state index in [4.69, 9.17) is 9.84 Å². The first-order valence-corrected chi connectivity index (χ1v) is 9.43. The third kappa shape index (κ3) is 3.42. The molecule has 1 aromatic rings. The number of hydrogen-bond acceptors (Lipinski definition) is 4. The van der Waals surface area contributed by atoms with Crippen LogP contribution < -0.4 is 0 Å². The summed E-state index contributed by atoms with van der Waals surface area (Å²) in [6.07, 6.45) is 3.97. The van der Waals surface area contributed by atoms with Crippen LogP contribution in [0.1, 0.15) is 37.2 Å². The Bertz CT molecular complexity index is 548. The monoisotopic (exact) mass is 429 g/mol. The maximum Gasteiger partial charge on any atom is 0.310 e. The van der Waals surface area contributed by atoms with E-state index in [1.54, 1.807) is 0 Å². The summed E-state index contributed by atoms with van der Waals surface area (Å²) in [4.78, 5) is 15.0. The van der Waals surface area contributed by atoms with Crippen LogP contribution in [0.25, 0.3) is 0 Å². The van der Waals surface area contributed by atoms with Gasteiger partial charge in [0, 0.05) is 34.7 Å². The molecule has 0 aliphatic carbocycles. The summed E-state index contributed by atoms with van der Waals surface area (Å²) in [6.45, 7) is 1.08. The van der Waals surface area contributed by atoms with Gasteiger partial charge in [0.15, 0.2) is 0 Å². The van der Waals surface area contributed by atoms with Crippen LogP contribution >= 0.6 is 22.6 Å². The molecule has 2 bridgehead atoms. The fourth-order valence-corrected chi connectivity index (χ4v) is 4.78. The van der Waals surface area contributed by atoms with Crippen molar-refractivity contribution < 1.29 is 14.6 Å². The van der Waals surface area contributed by atoms with Crippen LogP contribution in [-0.4, -0.2) is 48.3 Å². The topological polar surface area (TPSA) is 49.8 Å². The second-order valence-corrected chi connectivity index (χ2v) is 7.80. The number of ether oxygens (including phenoxy) is 1. The van der Waals surface area contributed by atoms with E-state index in [-0.39, 0.29) is 30.5 Å². The molecule has 0 spiro atoms. The number of carbonyl (C=O) groups is 1. The molecule has 3 rings (SSSR count). The number of aliphatic hydroxyl groups excluding tert-OH is 1. The predicted octanol–water partition coefficient (Wildman–Crippen LogP) is 2.78. The zero-order valence-corrected chi connectivity index (χ0v) is 15.6. The third-order valence-corrected chi connectivity index (χ3v) is 6.13. The summed E-state index contributed by atoms with van der Waals surface area (Å²) in [7, 11) is 1.49. The number of carbonyl (C=O) groups excluding carboxylic acids is 1. The van der Waals surface area contributed by atoms with Crippen molar-refractivity contribution in [3.05, 3.63) is 33.4 Å². The molecule has 1 aromatic carbocycles. The molecule has 2 aliphatic heterocycles. The molecule has 0 aromatic heterocycles. The van der Waals surface area contributed by atoms with Crippen molar-refractivity contribution in [3.63, 3.8) is 0 Å². The van der Waals surface area contributed by atoms with Crippen molar-refractivity contribution >= 4 is 28.6 Å². The smallest absolute Gasteiger partial charge is 0.310 e. The van der Waals surface area contributed by atoms with E-state index in [9.17, 15) is 4.79 Å². The van der Waals surface area contributed by atoms with Crippen molar-refractivity contribution in [3.8, 4) is 0 Å². The summed E-state index contributed by atoms with van der Waals surface area (Å²) >= 11 is 2.31. The Labute approximate surface area is 151 Å². The Kier molecular flexibility index (Phi) is 5.59. The number of halogens is 1. The minimum Gasteiger partial charge on any atom is -0.469 e. The molecule has 2 heterocycles. The van der Waals surface area contributed by atoms with Crippen molar-refractivity contribution in [2.24, 2.45) is 5.92 Å². The SMILES string of the molecule is COC(=O)[C@H]1C(c2ccc(I)cc2)CC2CCC1N2CCCO. The number of methoxy groups -OCH3 is 1.